The second-order valence-electron chi connectivity index (χ2n) is 5.30. The Hall–Kier alpha value is -3.28. The number of halogens is 1. The molecule has 0 spiro atoms. The minimum atomic E-state index is -0.721. The zero-order valence-corrected chi connectivity index (χ0v) is 16.1. The van der Waals surface area contributed by atoms with Gasteiger partial charge in [0.1, 0.15) is 12.2 Å². The minimum Gasteiger partial charge on any atom is -0.486 e. The standard InChI is InChI=1S/C19H17ClN2O6/c1-25-18(23)14-8-12(10-21)9-15(20)17(14)28-11-13-6-4-5-7-16(13)22(27-3)19(24)26-2/h4-9H,11H2,1-3H3. The molecule has 146 valence electrons. The SMILES string of the molecule is COC(=O)c1cc(C#N)cc(Cl)c1OCc1ccccc1N(OC)C(=O)OC. The van der Waals surface area contributed by atoms with E-state index in [0.717, 1.165) is 5.06 Å². The molecule has 2 rings (SSSR count). The van der Waals surface area contributed by atoms with Crippen LogP contribution in [0, 0.1) is 11.3 Å². The Labute approximate surface area is 166 Å². The number of hydroxylamine groups is 1. The van der Waals surface area contributed by atoms with E-state index in [9.17, 15) is 9.59 Å². The number of nitrogens with zero attached hydrogens (tertiary/aromatic N) is 2. The maximum atomic E-state index is 12.1. The molecule has 0 unspecified atom stereocenters. The van der Waals surface area contributed by atoms with Crippen molar-refractivity contribution in [2.75, 3.05) is 26.4 Å². The highest BCUT2D eigenvalue weighted by Gasteiger charge is 2.22. The van der Waals surface area contributed by atoms with Crippen molar-refractivity contribution in [3.8, 4) is 11.8 Å². The minimum absolute atomic E-state index is 0.0144. The molecular weight excluding hydrogens is 388 g/mol. The van der Waals surface area contributed by atoms with Crippen LogP contribution in [0.2, 0.25) is 5.02 Å². The number of methoxy groups -OCH3 is 2. The van der Waals surface area contributed by atoms with Gasteiger partial charge < -0.3 is 14.2 Å². The summed E-state index contributed by atoms with van der Waals surface area (Å²) in [6.07, 6.45) is -0.721. The van der Waals surface area contributed by atoms with Crippen molar-refractivity contribution >= 4 is 29.4 Å². The summed E-state index contributed by atoms with van der Waals surface area (Å²) in [6.45, 7) is -0.0529. The number of hydrogen-bond donors (Lipinski definition) is 0. The average Bonchev–Trinajstić information content (AvgIpc) is 2.72. The number of esters is 1. The van der Waals surface area contributed by atoms with Crippen molar-refractivity contribution in [3.63, 3.8) is 0 Å². The smallest absolute Gasteiger partial charge is 0.438 e. The summed E-state index contributed by atoms with van der Waals surface area (Å²) in [4.78, 5) is 29.0. The molecule has 0 N–H and O–H groups in total. The predicted octanol–water partition coefficient (Wildman–Crippen LogP) is 3.71. The number of rotatable bonds is 6. The summed E-state index contributed by atoms with van der Waals surface area (Å²) in [6, 6.07) is 11.4. The lowest BCUT2D eigenvalue weighted by molar-refractivity contribution is 0.0595. The van der Waals surface area contributed by atoms with Gasteiger partial charge in [0.15, 0.2) is 5.75 Å². The molecule has 0 radical (unpaired) electrons. The first-order valence-electron chi connectivity index (χ1n) is 7.91. The Morgan fingerprint density at radius 2 is 1.86 bits per heavy atom. The van der Waals surface area contributed by atoms with E-state index in [4.69, 9.17) is 35.9 Å². The first-order valence-corrected chi connectivity index (χ1v) is 8.29. The van der Waals surface area contributed by atoms with Gasteiger partial charge >= 0.3 is 12.1 Å². The van der Waals surface area contributed by atoms with Crippen LogP contribution in [-0.2, 0) is 20.9 Å². The van der Waals surface area contributed by atoms with Crippen LogP contribution >= 0.6 is 11.6 Å². The topological polar surface area (TPSA) is 98.1 Å². The van der Waals surface area contributed by atoms with Gasteiger partial charge in [-0.1, -0.05) is 29.8 Å². The molecule has 0 heterocycles. The molecule has 8 nitrogen and oxygen atoms in total. The van der Waals surface area contributed by atoms with Crippen LogP contribution in [0.5, 0.6) is 5.75 Å². The van der Waals surface area contributed by atoms with Crippen molar-refractivity contribution in [1.82, 2.24) is 0 Å². The Kier molecular flexibility index (Phi) is 7.21. The highest BCUT2D eigenvalue weighted by Crippen LogP contribution is 2.33. The van der Waals surface area contributed by atoms with E-state index in [1.54, 1.807) is 24.3 Å². The molecule has 0 saturated heterocycles. The molecule has 0 fully saturated rings. The van der Waals surface area contributed by atoms with E-state index in [0.29, 0.717) is 11.3 Å². The third-order valence-electron chi connectivity index (χ3n) is 3.68. The molecule has 0 atom stereocenters. The third-order valence-corrected chi connectivity index (χ3v) is 3.96. The van der Waals surface area contributed by atoms with Crippen molar-refractivity contribution in [3.05, 3.63) is 58.1 Å². The van der Waals surface area contributed by atoms with Gasteiger partial charge in [0.2, 0.25) is 0 Å². The number of amides is 1. The second-order valence-corrected chi connectivity index (χ2v) is 5.71. The molecule has 2 aromatic rings. The summed E-state index contributed by atoms with van der Waals surface area (Å²) >= 11 is 6.19. The number of carbonyl (C=O) groups is 2. The van der Waals surface area contributed by atoms with Crippen molar-refractivity contribution in [2.45, 2.75) is 6.61 Å². The number of benzene rings is 2. The molecule has 2 aromatic carbocycles. The zero-order valence-electron chi connectivity index (χ0n) is 15.4. The van der Waals surface area contributed by atoms with Crippen LogP contribution in [0.4, 0.5) is 10.5 Å². The van der Waals surface area contributed by atoms with Gasteiger partial charge in [-0.3, -0.25) is 4.84 Å². The highest BCUT2D eigenvalue weighted by atomic mass is 35.5. The van der Waals surface area contributed by atoms with Crippen molar-refractivity contribution in [1.29, 1.82) is 5.26 Å². The molecule has 28 heavy (non-hydrogen) atoms. The van der Waals surface area contributed by atoms with Gasteiger partial charge in [-0.2, -0.15) is 10.3 Å². The van der Waals surface area contributed by atoms with Crippen LogP contribution in [0.25, 0.3) is 0 Å². The summed E-state index contributed by atoms with van der Waals surface area (Å²) < 4.78 is 15.2. The second kappa shape index (κ2) is 9.60. The highest BCUT2D eigenvalue weighted by molar-refractivity contribution is 6.32. The maximum Gasteiger partial charge on any atom is 0.438 e. The van der Waals surface area contributed by atoms with Crippen LogP contribution in [0.3, 0.4) is 0 Å². The molecule has 0 saturated carbocycles. The zero-order chi connectivity index (χ0) is 20.7. The summed E-state index contributed by atoms with van der Waals surface area (Å²) in [5.41, 5.74) is 1.15. The first-order chi connectivity index (χ1) is 13.5. The Bertz CT molecular complexity index is 925. The number of para-hydroxylation sites is 1. The molecule has 0 bridgehead atoms. The monoisotopic (exact) mass is 404 g/mol. The Morgan fingerprint density at radius 3 is 2.46 bits per heavy atom. The predicted molar refractivity (Wildman–Crippen MR) is 100 cm³/mol. The lowest BCUT2D eigenvalue weighted by atomic mass is 10.1. The molecule has 0 aliphatic heterocycles. The molecule has 0 aromatic heterocycles. The maximum absolute atomic E-state index is 12.1. The summed E-state index contributed by atoms with van der Waals surface area (Å²) in [5.74, 6) is -0.639. The van der Waals surface area contributed by atoms with Gasteiger partial charge in [-0.15, -0.1) is 0 Å². The van der Waals surface area contributed by atoms with E-state index in [1.807, 2.05) is 6.07 Å². The quantitative estimate of drug-likeness (QED) is 0.534. The van der Waals surface area contributed by atoms with Gasteiger partial charge in [0.25, 0.3) is 0 Å². The molecular formula is C19H17ClN2O6. The number of anilines is 1. The Balaban J connectivity index is 2.39. The fourth-order valence-electron chi connectivity index (χ4n) is 2.40. The van der Waals surface area contributed by atoms with Crippen molar-refractivity contribution in [2.24, 2.45) is 0 Å². The molecule has 0 aliphatic carbocycles. The summed E-state index contributed by atoms with van der Waals surface area (Å²) in [7, 11) is 3.76. The third kappa shape index (κ3) is 4.52. The van der Waals surface area contributed by atoms with E-state index < -0.39 is 12.1 Å². The first kappa shape index (κ1) is 21.0. The van der Waals surface area contributed by atoms with E-state index in [1.165, 1.54) is 33.5 Å². The molecule has 1 amide bonds. The number of hydrogen-bond acceptors (Lipinski definition) is 7. The lowest BCUT2D eigenvalue weighted by Gasteiger charge is -2.21. The van der Waals surface area contributed by atoms with E-state index >= 15 is 0 Å². The van der Waals surface area contributed by atoms with Crippen LogP contribution < -0.4 is 9.80 Å². The molecule has 9 heteroatoms. The largest absolute Gasteiger partial charge is 0.486 e. The van der Waals surface area contributed by atoms with Gasteiger partial charge in [0, 0.05) is 5.56 Å². The van der Waals surface area contributed by atoms with Gasteiger partial charge in [0.05, 0.1) is 43.7 Å². The van der Waals surface area contributed by atoms with Crippen LogP contribution in [0.1, 0.15) is 21.5 Å². The number of carbonyl (C=O) groups excluding carboxylic acids is 2. The summed E-state index contributed by atoms with van der Waals surface area (Å²) in [5, 5.41) is 10.1. The Morgan fingerprint density at radius 1 is 1.14 bits per heavy atom. The lowest BCUT2D eigenvalue weighted by Crippen LogP contribution is -2.30. The normalized spacial score (nSPS) is 9.96. The van der Waals surface area contributed by atoms with Crippen LogP contribution in [-0.4, -0.2) is 33.4 Å². The van der Waals surface area contributed by atoms with Crippen molar-refractivity contribution < 1.29 is 28.6 Å². The van der Waals surface area contributed by atoms with E-state index in [-0.39, 0.29) is 28.5 Å². The molecule has 0 aliphatic rings. The number of ether oxygens (including phenoxy) is 3. The number of nitriles is 1. The fraction of sp³-hybridized carbons (Fsp3) is 0.211. The van der Waals surface area contributed by atoms with Gasteiger partial charge in [-0.05, 0) is 18.2 Å². The van der Waals surface area contributed by atoms with Crippen LogP contribution in [0.15, 0.2) is 36.4 Å². The fourth-order valence-corrected chi connectivity index (χ4v) is 2.68. The average molecular weight is 405 g/mol. The van der Waals surface area contributed by atoms with E-state index in [2.05, 4.69) is 0 Å². The van der Waals surface area contributed by atoms with Gasteiger partial charge in [-0.25, -0.2) is 9.59 Å².